The molecule has 0 fully saturated rings. The fourth-order valence-corrected chi connectivity index (χ4v) is 4.69. The van der Waals surface area contributed by atoms with Gasteiger partial charge in [0.1, 0.15) is 0 Å². The highest BCUT2D eigenvalue weighted by Gasteiger charge is 2.30. The van der Waals surface area contributed by atoms with E-state index in [4.69, 9.17) is 14.6 Å². The molecular weight excluding hydrogens is 280 g/mol. The van der Waals surface area contributed by atoms with E-state index in [0.29, 0.717) is 0 Å². The number of nitrogens with two attached hydrogens (primary N) is 1. The van der Waals surface area contributed by atoms with E-state index in [2.05, 4.69) is 25.7 Å². The molecule has 4 nitrogen and oxygen atoms in total. The van der Waals surface area contributed by atoms with Crippen molar-refractivity contribution in [2.45, 2.75) is 71.4 Å². The lowest BCUT2D eigenvalue weighted by molar-refractivity contribution is 0.172. The smallest absolute Gasteiger partial charge is 0.334 e. The van der Waals surface area contributed by atoms with Crippen molar-refractivity contribution in [3.63, 3.8) is 0 Å². The normalized spacial score (nSPS) is 12.0. The van der Waals surface area contributed by atoms with Gasteiger partial charge in [0.25, 0.3) is 0 Å². The molecule has 0 unspecified atom stereocenters. The molecule has 0 atom stereocenters. The molecular formula is C16H38N2O2Si. The second-order valence-corrected chi connectivity index (χ2v) is 9.23. The predicted octanol–water partition coefficient (Wildman–Crippen LogP) is 3.41. The molecule has 0 radical (unpaired) electrons. The summed E-state index contributed by atoms with van der Waals surface area (Å²) in [5, 5.41) is 3.53. The molecule has 128 valence electrons. The topological polar surface area (TPSA) is 56.5 Å². The van der Waals surface area contributed by atoms with E-state index in [1.165, 1.54) is 19.3 Å². The Morgan fingerprint density at radius 3 is 2.00 bits per heavy atom. The summed E-state index contributed by atoms with van der Waals surface area (Å²) in [7, 11) is -1.93. The maximum absolute atomic E-state index is 6.03. The van der Waals surface area contributed by atoms with Gasteiger partial charge in [-0.3, -0.25) is 0 Å². The summed E-state index contributed by atoms with van der Waals surface area (Å²) in [5.41, 5.74) is 5.48. The Bertz CT molecular complexity index is 210. The van der Waals surface area contributed by atoms with Crippen molar-refractivity contribution in [2.75, 3.05) is 32.8 Å². The van der Waals surface area contributed by atoms with Crippen molar-refractivity contribution in [2.24, 2.45) is 5.73 Å². The van der Waals surface area contributed by atoms with Gasteiger partial charge in [0, 0.05) is 13.2 Å². The number of unbranched alkanes of at least 4 members (excludes halogenated alkanes) is 3. The van der Waals surface area contributed by atoms with E-state index in [9.17, 15) is 0 Å². The standard InChI is InChI=1S/C16H38N2O2Si/c1-4-14-19-21(3,20-15-5-2)16-10-13-18-12-9-7-6-8-11-17/h18H,4-17H2,1-3H3. The van der Waals surface area contributed by atoms with Crippen LogP contribution < -0.4 is 11.1 Å². The maximum Gasteiger partial charge on any atom is 0.334 e. The molecule has 0 saturated carbocycles. The highest BCUT2D eigenvalue weighted by Crippen LogP contribution is 2.16. The van der Waals surface area contributed by atoms with Crippen LogP contribution >= 0.6 is 0 Å². The van der Waals surface area contributed by atoms with Crippen molar-refractivity contribution in [1.29, 1.82) is 0 Å². The minimum absolute atomic E-state index is 0.826. The van der Waals surface area contributed by atoms with Crippen LogP contribution in [0.4, 0.5) is 0 Å². The van der Waals surface area contributed by atoms with Crippen LogP contribution in [0.1, 0.15) is 58.8 Å². The Balaban J connectivity index is 3.62. The van der Waals surface area contributed by atoms with E-state index in [1.54, 1.807) is 0 Å². The Morgan fingerprint density at radius 1 is 0.857 bits per heavy atom. The molecule has 0 bridgehead atoms. The first kappa shape index (κ1) is 21.1. The van der Waals surface area contributed by atoms with Gasteiger partial charge >= 0.3 is 8.56 Å². The molecule has 0 saturated heterocycles. The summed E-state index contributed by atoms with van der Waals surface area (Å²) >= 11 is 0. The third-order valence-electron chi connectivity index (χ3n) is 3.52. The van der Waals surface area contributed by atoms with Gasteiger partial charge in [-0.15, -0.1) is 0 Å². The summed E-state index contributed by atoms with van der Waals surface area (Å²) in [6.45, 7) is 11.2. The van der Waals surface area contributed by atoms with E-state index in [0.717, 1.165) is 64.6 Å². The van der Waals surface area contributed by atoms with Gasteiger partial charge in [-0.05, 0) is 64.3 Å². The van der Waals surface area contributed by atoms with Gasteiger partial charge in [-0.25, -0.2) is 0 Å². The molecule has 0 aromatic heterocycles. The molecule has 5 heteroatoms. The van der Waals surface area contributed by atoms with E-state index in [-0.39, 0.29) is 0 Å². The zero-order valence-electron chi connectivity index (χ0n) is 14.6. The lowest BCUT2D eigenvalue weighted by Crippen LogP contribution is -2.40. The van der Waals surface area contributed by atoms with Gasteiger partial charge in [-0.2, -0.15) is 0 Å². The van der Waals surface area contributed by atoms with E-state index in [1.807, 2.05) is 0 Å². The highest BCUT2D eigenvalue weighted by atomic mass is 28.4. The van der Waals surface area contributed by atoms with Crippen molar-refractivity contribution < 1.29 is 8.85 Å². The molecule has 0 aromatic rings. The molecule has 0 amide bonds. The molecule has 0 rings (SSSR count). The lowest BCUT2D eigenvalue weighted by Gasteiger charge is -2.27. The van der Waals surface area contributed by atoms with Crippen LogP contribution in [0.25, 0.3) is 0 Å². The summed E-state index contributed by atoms with van der Waals surface area (Å²) in [6, 6.07) is 1.09. The molecule has 3 N–H and O–H groups in total. The molecule has 0 aromatic carbocycles. The first-order chi connectivity index (χ1) is 10.2. The molecule has 0 aliphatic carbocycles. The Kier molecular flexibility index (Phi) is 15.0. The number of rotatable bonds is 16. The molecule has 0 heterocycles. The average Bonchev–Trinajstić information content (AvgIpc) is 2.49. The van der Waals surface area contributed by atoms with Crippen LogP contribution in [0, 0.1) is 0 Å². The van der Waals surface area contributed by atoms with Crippen LogP contribution in [-0.4, -0.2) is 41.4 Å². The van der Waals surface area contributed by atoms with Gasteiger partial charge in [0.15, 0.2) is 0 Å². The lowest BCUT2D eigenvalue weighted by atomic mass is 10.2. The van der Waals surface area contributed by atoms with Crippen molar-refractivity contribution in [3.05, 3.63) is 0 Å². The van der Waals surface area contributed by atoms with Gasteiger partial charge < -0.3 is 19.9 Å². The maximum atomic E-state index is 6.03. The first-order valence-corrected chi connectivity index (χ1v) is 11.4. The fourth-order valence-electron chi connectivity index (χ4n) is 2.23. The Morgan fingerprint density at radius 2 is 1.43 bits per heavy atom. The Hall–Kier alpha value is 0.0569. The number of hydrogen-bond acceptors (Lipinski definition) is 4. The minimum Gasteiger partial charge on any atom is -0.394 e. The SMILES string of the molecule is CCCO[Si](C)(CCCNCCCCCCN)OCCC. The molecule has 0 aliphatic heterocycles. The van der Waals surface area contributed by atoms with Crippen LogP contribution in [0.3, 0.4) is 0 Å². The van der Waals surface area contributed by atoms with Gasteiger partial charge in [0.05, 0.1) is 0 Å². The minimum atomic E-state index is -1.93. The zero-order valence-corrected chi connectivity index (χ0v) is 15.6. The summed E-state index contributed by atoms with van der Waals surface area (Å²) in [6.07, 6.45) is 8.26. The molecule has 0 spiro atoms. The van der Waals surface area contributed by atoms with Crippen LogP contribution in [-0.2, 0) is 8.85 Å². The second kappa shape index (κ2) is 15.0. The predicted molar refractivity (Wildman–Crippen MR) is 93.9 cm³/mol. The quantitative estimate of drug-likeness (QED) is 0.338. The average molecular weight is 319 g/mol. The second-order valence-electron chi connectivity index (χ2n) is 5.89. The summed E-state index contributed by atoms with van der Waals surface area (Å²) in [5.74, 6) is 0. The van der Waals surface area contributed by atoms with Gasteiger partial charge in [0.2, 0.25) is 0 Å². The first-order valence-electron chi connectivity index (χ1n) is 8.87. The van der Waals surface area contributed by atoms with Crippen molar-refractivity contribution in [1.82, 2.24) is 5.32 Å². The third-order valence-corrected chi connectivity index (χ3v) is 6.41. The zero-order chi connectivity index (χ0) is 15.8. The number of hydrogen-bond donors (Lipinski definition) is 2. The highest BCUT2D eigenvalue weighted by molar-refractivity contribution is 6.66. The van der Waals surface area contributed by atoms with E-state index < -0.39 is 8.56 Å². The molecule has 21 heavy (non-hydrogen) atoms. The third kappa shape index (κ3) is 13.4. The van der Waals surface area contributed by atoms with Crippen LogP contribution in [0.2, 0.25) is 12.6 Å². The summed E-state index contributed by atoms with van der Waals surface area (Å²) < 4.78 is 12.1. The van der Waals surface area contributed by atoms with Crippen LogP contribution in [0.15, 0.2) is 0 Å². The van der Waals surface area contributed by atoms with Crippen molar-refractivity contribution >= 4 is 8.56 Å². The molecule has 0 aliphatic rings. The van der Waals surface area contributed by atoms with Crippen LogP contribution in [0.5, 0.6) is 0 Å². The monoisotopic (exact) mass is 318 g/mol. The Labute approximate surface area is 133 Å². The fraction of sp³-hybridized carbons (Fsp3) is 1.00. The van der Waals surface area contributed by atoms with Crippen molar-refractivity contribution in [3.8, 4) is 0 Å². The van der Waals surface area contributed by atoms with Gasteiger partial charge in [-0.1, -0.05) is 26.7 Å². The van der Waals surface area contributed by atoms with E-state index >= 15 is 0 Å². The number of nitrogens with one attached hydrogen (secondary N) is 1. The largest absolute Gasteiger partial charge is 0.394 e. The summed E-state index contributed by atoms with van der Waals surface area (Å²) in [4.78, 5) is 0.